The number of quaternary nitrogens is 1. The quantitative estimate of drug-likeness (QED) is 0.0786. The second-order valence-corrected chi connectivity index (χ2v) is 24.0. The predicted molar refractivity (Wildman–Crippen MR) is 107 cm³/mol. The molecule has 0 aliphatic carbocycles. The summed E-state index contributed by atoms with van der Waals surface area (Å²) in [6.45, 7) is 15.1. The molecule has 56 heavy (non-hydrogen) atoms. The van der Waals surface area contributed by atoms with Crippen molar-refractivity contribution >= 4 is 0 Å². The molecule has 29 nitrogen and oxygen atoms in total. The van der Waals surface area contributed by atoms with Gasteiger partial charge in [0.25, 0.3) is 0 Å². The van der Waals surface area contributed by atoms with Crippen molar-refractivity contribution in [3.05, 3.63) is 0 Å². The van der Waals surface area contributed by atoms with Gasteiger partial charge in [-0.2, -0.15) is 0 Å². The number of rotatable bonds is 16. The number of unbranched alkanes of at least 4 members (excludes halogenated alkanes) is 8. The van der Waals surface area contributed by atoms with Gasteiger partial charge in [0.15, 0.2) is 0 Å². The Labute approximate surface area is 348 Å². The SMILES string of the molecule is CCCCC[N+](CCCCC)(CCCCC)CCCCC.[O]=[Mo](=[O])([O-])[O-].[O]=[Mo](=[O])([O-])[O-].[O]=[Mo](=[O])([O-])[O-].[O]=[Mo](=[O])([O-])[O-].[O]=[Mo](=[O])([O-])[O-].[O]=[Mo](=[O])([O-])[O-].[O]=[Mo](=[O])([O-])[O-]. The Morgan fingerprint density at radius 3 is 0.411 bits per heavy atom. The van der Waals surface area contributed by atoms with Crippen molar-refractivity contribution in [1.29, 1.82) is 0 Å². The average molecular weight is 1420 g/mol. The molecule has 0 amide bonds. The van der Waals surface area contributed by atoms with Crippen molar-refractivity contribution in [1.82, 2.24) is 0 Å². The number of hydrogen-bond acceptors (Lipinski definition) is 28. The Morgan fingerprint density at radius 2 is 0.339 bits per heavy atom. The molecule has 0 heterocycles. The minimum atomic E-state index is -6.02. The Kier molecular flexibility index (Phi) is 54.1. The van der Waals surface area contributed by atoms with Gasteiger partial charge in [-0.1, -0.05) is 53.4 Å². The molecule has 0 aliphatic heterocycles. The zero-order valence-corrected chi connectivity index (χ0v) is 44.1. The van der Waals surface area contributed by atoms with Gasteiger partial charge in [-0.25, -0.2) is 0 Å². The van der Waals surface area contributed by atoms with Gasteiger partial charge in [0.2, 0.25) is 0 Å². The zero-order chi connectivity index (χ0) is 47.3. The fourth-order valence-corrected chi connectivity index (χ4v) is 3.46. The first-order valence-electron chi connectivity index (χ1n) is 14.8. The molecule has 0 rings (SSSR count). The summed E-state index contributed by atoms with van der Waals surface area (Å²) in [5.74, 6) is 0. The van der Waals surface area contributed by atoms with Crippen LogP contribution in [-0.2, 0) is 165 Å². The van der Waals surface area contributed by atoms with E-state index in [0.29, 0.717) is 0 Å². The Morgan fingerprint density at radius 1 is 0.250 bits per heavy atom. The van der Waals surface area contributed by atoms with Crippen LogP contribution in [0.15, 0.2) is 0 Å². The van der Waals surface area contributed by atoms with Crippen molar-refractivity contribution in [3.8, 4) is 0 Å². The molecule has 0 bridgehead atoms. The number of hydrogen-bond donors (Lipinski definition) is 0. The summed E-state index contributed by atoms with van der Waals surface area (Å²) in [6, 6.07) is 0. The van der Waals surface area contributed by atoms with Gasteiger partial charge in [-0.05, 0) is 51.4 Å². The molecule has 0 radical (unpaired) electrons. The van der Waals surface area contributed by atoms with Crippen molar-refractivity contribution in [2.75, 3.05) is 26.2 Å². The Balaban J connectivity index is -0.0000000896. The standard InChI is InChI=1S/C20H44N.7Mo.28O/c1-5-9-13-17-21(18-14-10-6-2,19-15-11-7-3)20-16-12-8-4;;;;;;;;;;;;;;;;;;;;;;;;;;;;;;;;;;;/h5-20H2,1-4H3;;;;;;;;;;;;;;;;;;;;;;;;;;;;;;;;;;;/q+1;;;;;;;;;;;;;;;;;;;;;;14*-1. The molecule has 0 N–H and O–H groups in total. The van der Waals surface area contributed by atoms with Crippen LogP contribution in [0.1, 0.15) is 105 Å². The van der Waals surface area contributed by atoms with Crippen LogP contribution in [0.4, 0.5) is 0 Å². The molecule has 0 spiro atoms. The van der Waals surface area contributed by atoms with Crippen LogP contribution in [0.5, 0.6) is 0 Å². The van der Waals surface area contributed by atoms with E-state index < -0.39 is 117 Å². The summed E-state index contributed by atoms with van der Waals surface area (Å²) >= 11 is -42.1. The van der Waals surface area contributed by atoms with Gasteiger partial charge < -0.3 is 4.48 Å². The first kappa shape index (κ1) is 74.8. The topological polar surface area (TPSA) is 562 Å². The second-order valence-electron chi connectivity index (χ2n) is 9.92. The second kappa shape index (κ2) is 40.5. The van der Waals surface area contributed by atoms with Gasteiger partial charge in [0.1, 0.15) is 0 Å². The first-order chi connectivity index (χ1) is 24.2. The minimum absolute atomic E-state index is 1.36. The van der Waals surface area contributed by atoms with E-state index in [0.717, 1.165) is 0 Å². The van der Waals surface area contributed by atoms with Crippen LogP contribution in [0, 0.1) is 0 Å². The van der Waals surface area contributed by atoms with E-state index in [-0.39, 0.29) is 0 Å². The average Bonchev–Trinajstić information content (AvgIpc) is 2.82. The van der Waals surface area contributed by atoms with Crippen molar-refractivity contribution in [2.45, 2.75) is 105 Å². The van der Waals surface area contributed by atoms with Gasteiger partial charge in [0.05, 0.1) is 26.2 Å². The first-order valence-corrected chi connectivity index (χ1v) is 37.7. The molecule has 0 saturated carbocycles. The summed E-state index contributed by atoms with van der Waals surface area (Å²) in [6.07, 6.45) is 16.9. The molecule has 0 aromatic rings. The van der Waals surface area contributed by atoms with Crippen LogP contribution in [0.3, 0.4) is 0 Å². The van der Waals surface area contributed by atoms with E-state index in [9.17, 15) is 0 Å². The van der Waals surface area contributed by atoms with Crippen molar-refractivity contribution in [3.63, 3.8) is 0 Å². The van der Waals surface area contributed by atoms with E-state index in [1.807, 2.05) is 0 Å². The van der Waals surface area contributed by atoms with E-state index >= 15 is 0 Å². The molecular formula is C20H44Mo7NO28-13. The molecule has 36 heteroatoms. The number of nitrogens with zero attached hydrogens (tertiary/aromatic N) is 1. The summed E-state index contributed by atoms with van der Waals surface area (Å²) in [7, 11) is 0. The monoisotopic (exact) mass is 1430 g/mol. The summed E-state index contributed by atoms with van der Waals surface area (Å²) in [4.78, 5) is 0. The molecule has 0 aliphatic rings. The Hall–Kier alpha value is 1.42. The van der Waals surface area contributed by atoms with E-state index in [2.05, 4.69) is 27.7 Å². The van der Waals surface area contributed by atoms with Gasteiger partial charge in [-0.15, -0.1) is 0 Å². The normalized spacial score (nSPS) is 11.8. The van der Waals surface area contributed by atoms with Crippen molar-refractivity contribution in [2.24, 2.45) is 0 Å². The molecule has 0 unspecified atom stereocenters. The van der Waals surface area contributed by atoms with Crippen LogP contribution >= 0.6 is 0 Å². The van der Waals surface area contributed by atoms with Gasteiger partial charge in [-0.3, -0.25) is 0 Å². The third-order valence-electron chi connectivity index (χ3n) is 4.94. The maximum atomic E-state index is 8.63. The van der Waals surface area contributed by atoms with Gasteiger partial charge >= 0.3 is 217 Å². The van der Waals surface area contributed by atoms with E-state index in [1.54, 1.807) is 0 Å². The summed E-state index contributed by atoms with van der Waals surface area (Å²) in [5.41, 5.74) is 0. The van der Waals surface area contributed by atoms with E-state index in [1.165, 1.54) is 108 Å². The summed E-state index contributed by atoms with van der Waals surface area (Å²) < 4.78 is 243. The molecule has 0 saturated heterocycles. The fraction of sp³-hybridized carbons (Fsp3) is 1.00. The van der Waals surface area contributed by atoms with Crippen LogP contribution < -0.4 is 52.6 Å². The van der Waals surface area contributed by atoms with E-state index in [4.69, 9.17) is 100 Å². The third kappa shape index (κ3) is 254. The fourth-order valence-electron chi connectivity index (χ4n) is 3.46. The predicted octanol–water partition coefficient (Wildman–Crippen LogP) is -11.8. The summed E-state index contributed by atoms with van der Waals surface area (Å²) in [5, 5.41) is 0. The molecule has 0 atom stereocenters. The van der Waals surface area contributed by atoms with Crippen LogP contribution in [-0.4, -0.2) is 30.7 Å². The molecule has 0 fully saturated rings. The van der Waals surface area contributed by atoms with Crippen molar-refractivity contribution < 1.29 is 222 Å². The molecule has 0 aromatic carbocycles. The zero-order valence-electron chi connectivity index (χ0n) is 30.0. The van der Waals surface area contributed by atoms with Gasteiger partial charge in [0, 0.05) is 0 Å². The van der Waals surface area contributed by atoms with Crippen LogP contribution in [0.25, 0.3) is 0 Å². The third-order valence-corrected chi connectivity index (χ3v) is 4.94. The molecule has 0 aromatic heterocycles. The van der Waals surface area contributed by atoms with Crippen LogP contribution in [0.2, 0.25) is 0 Å². The molecule has 352 valence electrons. The maximum absolute atomic E-state index is 8.63. The molecular weight excluding hydrogens is 1370 g/mol. The Bertz CT molecular complexity index is 1280.